The van der Waals surface area contributed by atoms with Crippen molar-refractivity contribution in [2.24, 2.45) is 0 Å². The van der Waals surface area contributed by atoms with E-state index in [1.807, 2.05) is 0 Å². The predicted octanol–water partition coefficient (Wildman–Crippen LogP) is 4.38. The first-order valence-corrected chi connectivity index (χ1v) is 7.93. The van der Waals surface area contributed by atoms with Gasteiger partial charge in [-0.25, -0.2) is 8.78 Å². The van der Waals surface area contributed by atoms with Gasteiger partial charge in [0.1, 0.15) is 0 Å². The Bertz CT molecular complexity index is 332. The third-order valence-corrected chi connectivity index (χ3v) is 4.73. The van der Waals surface area contributed by atoms with Crippen molar-refractivity contribution < 1.29 is 22.4 Å². The minimum Gasteiger partial charge on any atom is -0.331 e. The van der Waals surface area contributed by atoms with E-state index in [2.05, 4.69) is 0 Å². The third-order valence-electron chi connectivity index (χ3n) is 4.73. The van der Waals surface area contributed by atoms with Gasteiger partial charge in [-0.1, -0.05) is 38.5 Å². The highest BCUT2D eigenvalue weighted by atomic mass is 19.3. The summed E-state index contributed by atoms with van der Waals surface area (Å²) >= 11 is 0. The second kappa shape index (κ2) is 6.97. The van der Waals surface area contributed by atoms with Crippen LogP contribution in [-0.4, -0.2) is 35.2 Å². The average Bonchev–Trinajstić information content (AvgIpc) is 2.49. The lowest BCUT2D eigenvalue weighted by atomic mass is 9.88. The van der Waals surface area contributed by atoms with Crippen LogP contribution in [0.3, 0.4) is 0 Å². The number of nitrogens with zero attached hydrogens (tertiary/aromatic N) is 1. The van der Waals surface area contributed by atoms with E-state index in [1.165, 1.54) is 0 Å². The highest BCUT2D eigenvalue weighted by Crippen LogP contribution is 2.35. The van der Waals surface area contributed by atoms with E-state index in [4.69, 9.17) is 0 Å². The Labute approximate surface area is 122 Å². The van der Waals surface area contributed by atoms with Crippen molar-refractivity contribution in [2.75, 3.05) is 0 Å². The molecule has 1 amide bonds. The topological polar surface area (TPSA) is 20.3 Å². The van der Waals surface area contributed by atoms with Gasteiger partial charge in [0.25, 0.3) is 5.91 Å². The first kappa shape index (κ1) is 16.6. The molecule has 2 fully saturated rings. The second-order valence-electron chi connectivity index (χ2n) is 6.22. The van der Waals surface area contributed by atoms with Crippen LogP contribution in [0.25, 0.3) is 0 Å². The predicted molar refractivity (Wildman–Crippen MR) is 71.5 cm³/mol. The molecule has 122 valence electrons. The van der Waals surface area contributed by atoms with Gasteiger partial charge in [-0.2, -0.15) is 8.78 Å². The zero-order chi connectivity index (χ0) is 15.5. The molecule has 0 aromatic heterocycles. The van der Waals surface area contributed by atoms with Crippen LogP contribution in [0.5, 0.6) is 0 Å². The standard InChI is InChI=1S/C15H23F4NO/c16-13(17)15(18,19)14(21)20(11-7-3-1-4-8-11)12-9-5-2-6-10-12/h11-13H,1-10H2. The molecule has 0 aromatic rings. The van der Waals surface area contributed by atoms with Gasteiger partial charge in [-0.15, -0.1) is 0 Å². The fourth-order valence-electron chi connectivity index (χ4n) is 3.61. The fraction of sp³-hybridized carbons (Fsp3) is 0.933. The molecule has 2 rings (SSSR count). The summed E-state index contributed by atoms with van der Waals surface area (Å²) in [5.74, 6) is -6.22. The van der Waals surface area contributed by atoms with Crippen LogP contribution in [0.4, 0.5) is 17.6 Å². The maximum atomic E-state index is 13.6. The Balaban J connectivity index is 2.19. The summed E-state index contributed by atoms with van der Waals surface area (Å²) < 4.78 is 52.2. The SMILES string of the molecule is O=C(N(C1CCCCC1)C1CCCCC1)C(F)(F)C(F)F. The molecule has 0 heterocycles. The van der Waals surface area contributed by atoms with Gasteiger partial charge >= 0.3 is 12.3 Å². The first-order chi connectivity index (χ1) is 9.94. The van der Waals surface area contributed by atoms with E-state index in [-0.39, 0.29) is 12.1 Å². The summed E-state index contributed by atoms with van der Waals surface area (Å²) in [6, 6.07) is -0.585. The number of amides is 1. The Hall–Kier alpha value is -0.810. The molecule has 0 saturated heterocycles. The number of hydrogen-bond donors (Lipinski definition) is 0. The van der Waals surface area contributed by atoms with E-state index in [9.17, 15) is 22.4 Å². The van der Waals surface area contributed by atoms with Gasteiger partial charge in [-0.05, 0) is 25.7 Å². The molecule has 2 aliphatic carbocycles. The normalized spacial score (nSPS) is 22.5. The highest BCUT2D eigenvalue weighted by Gasteiger charge is 2.53. The molecule has 0 bridgehead atoms. The minimum absolute atomic E-state index is 0.293. The van der Waals surface area contributed by atoms with Crippen molar-refractivity contribution in [3.63, 3.8) is 0 Å². The van der Waals surface area contributed by atoms with Crippen LogP contribution < -0.4 is 0 Å². The van der Waals surface area contributed by atoms with E-state index in [0.717, 1.165) is 43.4 Å². The van der Waals surface area contributed by atoms with Crippen molar-refractivity contribution >= 4 is 5.91 Å². The molecule has 0 atom stereocenters. The van der Waals surface area contributed by atoms with Crippen molar-refractivity contribution in [2.45, 2.75) is 88.6 Å². The molecule has 2 nitrogen and oxygen atoms in total. The zero-order valence-corrected chi connectivity index (χ0v) is 12.2. The van der Waals surface area contributed by atoms with Crippen LogP contribution >= 0.6 is 0 Å². The van der Waals surface area contributed by atoms with Crippen molar-refractivity contribution in [3.05, 3.63) is 0 Å². The van der Waals surface area contributed by atoms with Gasteiger partial charge in [0.05, 0.1) is 0 Å². The maximum Gasteiger partial charge on any atom is 0.383 e. The number of hydrogen-bond acceptors (Lipinski definition) is 1. The van der Waals surface area contributed by atoms with Gasteiger partial charge in [0, 0.05) is 12.1 Å². The van der Waals surface area contributed by atoms with E-state index in [0.29, 0.717) is 25.7 Å². The summed E-state index contributed by atoms with van der Waals surface area (Å²) in [6.45, 7) is 0. The molecule has 0 unspecified atom stereocenters. The lowest BCUT2D eigenvalue weighted by Gasteiger charge is -2.42. The fourth-order valence-corrected chi connectivity index (χ4v) is 3.61. The third kappa shape index (κ3) is 3.69. The Morgan fingerprint density at radius 1 is 0.857 bits per heavy atom. The summed E-state index contributed by atoms with van der Waals surface area (Å²) in [6.07, 6.45) is 4.24. The van der Waals surface area contributed by atoms with Crippen molar-refractivity contribution in [1.82, 2.24) is 4.90 Å². The molecule has 0 aromatic carbocycles. The largest absolute Gasteiger partial charge is 0.383 e. The summed E-state index contributed by atoms with van der Waals surface area (Å²) in [7, 11) is 0. The number of halogens is 4. The molecule has 0 spiro atoms. The highest BCUT2D eigenvalue weighted by molar-refractivity contribution is 5.84. The minimum atomic E-state index is -4.56. The summed E-state index contributed by atoms with van der Waals surface area (Å²) in [4.78, 5) is 13.2. The number of alkyl halides is 4. The molecule has 0 aliphatic heterocycles. The summed E-state index contributed by atoms with van der Waals surface area (Å²) in [5.41, 5.74) is 0. The Morgan fingerprint density at radius 2 is 1.24 bits per heavy atom. The van der Waals surface area contributed by atoms with Crippen LogP contribution in [0, 0.1) is 0 Å². The Morgan fingerprint density at radius 3 is 1.57 bits per heavy atom. The lowest BCUT2D eigenvalue weighted by Crippen LogP contribution is -2.56. The van der Waals surface area contributed by atoms with Gasteiger partial charge in [0.2, 0.25) is 0 Å². The van der Waals surface area contributed by atoms with E-state index < -0.39 is 18.3 Å². The Kier molecular flexibility index (Phi) is 5.49. The van der Waals surface area contributed by atoms with Crippen molar-refractivity contribution in [1.29, 1.82) is 0 Å². The molecular weight excluding hydrogens is 286 g/mol. The molecule has 0 radical (unpaired) electrons. The number of carbonyl (C=O) groups is 1. The van der Waals surface area contributed by atoms with Gasteiger partial charge in [-0.3, -0.25) is 4.79 Å². The molecule has 2 aliphatic rings. The smallest absolute Gasteiger partial charge is 0.331 e. The van der Waals surface area contributed by atoms with Gasteiger partial charge in [0.15, 0.2) is 0 Å². The lowest BCUT2D eigenvalue weighted by molar-refractivity contribution is -0.187. The van der Waals surface area contributed by atoms with Crippen LogP contribution in [0.2, 0.25) is 0 Å². The number of carbonyl (C=O) groups excluding carboxylic acids is 1. The zero-order valence-electron chi connectivity index (χ0n) is 12.2. The molecule has 2 saturated carbocycles. The average molecular weight is 309 g/mol. The van der Waals surface area contributed by atoms with Crippen LogP contribution in [0.1, 0.15) is 64.2 Å². The monoisotopic (exact) mass is 309 g/mol. The van der Waals surface area contributed by atoms with Crippen molar-refractivity contribution in [3.8, 4) is 0 Å². The summed E-state index contributed by atoms with van der Waals surface area (Å²) in [5, 5.41) is 0. The van der Waals surface area contributed by atoms with Gasteiger partial charge < -0.3 is 4.90 Å². The molecule has 6 heteroatoms. The molecule has 0 N–H and O–H groups in total. The van der Waals surface area contributed by atoms with Crippen LogP contribution in [-0.2, 0) is 4.79 Å². The quantitative estimate of drug-likeness (QED) is 0.706. The first-order valence-electron chi connectivity index (χ1n) is 7.93. The maximum absolute atomic E-state index is 13.6. The van der Waals surface area contributed by atoms with Crippen LogP contribution in [0.15, 0.2) is 0 Å². The number of rotatable bonds is 4. The van der Waals surface area contributed by atoms with E-state index in [1.54, 1.807) is 0 Å². The molecule has 21 heavy (non-hydrogen) atoms. The molecular formula is C15H23F4NO. The second-order valence-corrected chi connectivity index (χ2v) is 6.22. The van der Waals surface area contributed by atoms with E-state index >= 15 is 0 Å².